The van der Waals surface area contributed by atoms with Crippen molar-refractivity contribution in [3.05, 3.63) is 35.9 Å². The van der Waals surface area contributed by atoms with Crippen LogP contribution in [0.3, 0.4) is 0 Å². The maximum Gasteiger partial charge on any atom is 0.0448 e. The Hall–Kier alpha value is -0.860. The van der Waals surface area contributed by atoms with E-state index in [2.05, 4.69) is 43.4 Å². The lowest BCUT2D eigenvalue weighted by molar-refractivity contribution is 0.212. The maximum atomic E-state index is 9.16. The minimum atomic E-state index is 0.0562. The van der Waals surface area contributed by atoms with Crippen LogP contribution in [0.2, 0.25) is 0 Å². The van der Waals surface area contributed by atoms with E-state index in [9.17, 15) is 0 Å². The lowest BCUT2D eigenvalue weighted by Gasteiger charge is -2.30. The van der Waals surface area contributed by atoms with Crippen molar-refractivity contribution >= 4 is 0 Å². The predicted octanol–water partition coefficient (Wildman–Crippen LogP) is 2.76. The van der Waals surface area contributed by atoms with Crippen LogP contribution in [0.25, 0.3) is 0 Å². The highest BCUT2D eigenvalue weighted by atomic mass is 16.3. The van der Waals surface area contributed by atoms with E-state index in [4.69, 9.17) is 5.11 Å². The third-order valence-corrected chi connectivity index (χ3v) is 3.27. The fourth-order valence-corrected chi connectivity index (χ4v) is 2.04. The Morgan fingerprint density at radius 3 is 2.47 bits per heavy atom. The van der Waals surface area contributed by atoms with Gasteiger partial charge < -0.3 is 10.4 Å². The summed E-state index contributed by atoms with van der Waals surface area (Å²) >= 11 is 0. The van der Waals surface area contributed by atoms with Gasteiger partial charge >= 0.3 is 0 Å². The summed E-state index contributed by atoms with van der Waals surface area (Å²) in [7, 11) is 0. The lowest BCUT2D eigenvalue weighted by atomic mass is 9.90. The van der Waals surface area contributed by atoms with E-state index < -0.39 is 0 Å². The Kier molecular flexibility index (Phi) is 6.23. The molecule has 1 atom stereocenters. The van der Waals surface area contributed by atoms with Gasteiger partial charge in [0, 0.05) is 12.1 Å². The summed E-state index contributed by atoms with van der Waals surface area (Å²) in [6.07, 6.45) is 4.08. The van der Waals surface area contributed by atoms with E-state index >= 15 is 0 Å². The van der Waals surface area contributed by atoms with Crippen LogP contribution >= 0.6 is 0 Å². The van der Waals surface area contributed by atoms with Gasteiger partial charge in [-0.15, -0.1) is 0 Å². The van der Waals surface area contributed by atoms with Crippen molar-refractivity contribution in [2.45, 2.75) is 45.1 Å². The van der Waals surface area contributed by atoms with Gasteiger partial charge in [-0.1, -0.05) is 37.3 Å². The molecule has 0 fully saturated rings. The Bertz CT molecular complexity index is 299. The number of hydrogen-bond donors (Lipinski definition) is 2. The summed E-state index contributed by atoms with van der Waals surface area (Å²) in [6, 6.07) is 10.5. The molecule has 17 heavy (non-hydrogen) atoms. The zero-order chi connectivity index (χ0) is 12.6. The van der Waals surface area contributed by atoms with Gasteiger partial charge in [-0.3, -0.25) is 0 Å². The largest absolute Gasteiger partial charge is 0.396 e. The molecule has 2 heteroatoms. The van der Waals surface area contributed by atoms with E-state index in [0.29, 0.717) is 0 Å². The van der Waals surface area contributed by atoms with E-state index in [-0.39, 0.29) is 12.1 Å². The van der Waals surface area contributed by atoms with Crippen LogP contribution in [0.15, 0.2) is 30.3 Å². The molecular formula is C15H25NO. The molecule has 0 aliphatic heterocycles. The average Bonchev–Trinajstić information content (AvgIpc) is 2.36. The van der Waals surface area contributed by atoms with Gasteiger partial charge in [0.25, 0.3) is 0 Å². The summed E-state index contributed by atoms with van der Waals surface area (Å²) in [5.41, 5.74) is 1.43. The summed E-state index contributed by atoms with van der Waals surface area (Å²) in [5.74, 6) is 0. The number of hydrogen-bond acceptors (Lipinski definition) is 2. The predicted molar refractivity (Wildman–Crippen MR) is 73.2 cm³/mol. The van der Waals surface area contributed by atoms with Crippen molar-refractivity contribution in [2.24, 2.45) is 0 Å². The first-order chi connectivity index (χ1) is 8.20. The van der Waals surface area contributed by atoms with Gasteiger partial charge in [0.2, 0.25) is 0 Å². The SMILES string of the molecule is CCCNC(C)(CCO)CCc1ccccc1. The second-order valence-electron chi connectivity index (χ2n) is 4.95. The molecule has 0 radical (unpaired) electrons. The molecule has 0 bridgehead atoms. The second-order valence-corrected chi connectivity index (χ2v) is 4.95. The van der Waals surface area contributed by atoms with Crippen LogP contribution in [-0.2, 0) is 6.42 Å². The Morgan fingerprint density at radius 2 is 1.88 bits per heavy atom. The summed E-state index contributed by atoms with van der Waals surface area (Å²) in [6.45, 7) is 5.65. The molecule has 0 heterocycles. The molecule has 0 saturated heterocycles. The highest BCUT2D eigenvalue weighted by Gasteiger charge is 2.21. The first-order valence-electron chi connectivity index (χ1n) is 6.60. The summed E-state index contributed by atoms with van der Waals surface area (Å²) in [5, 5.41) is 12.7. The number of aliphatic hydroxyl groups excluding tert-OH is 1. The number of benzene rings is 1. The first kappa shape index (κ1) is 14.2. The molecule has 0 aliphatic carbocycles. The topological polar surface area (TPSA) is 32.3 Å². The molecule has 1 aromatic carbocycles. The molecule has 0 aromatic heterocycles. The molecule has 1 unspecified atom stereocenters. The number of aliphatic hydroxyl groups is 1. The highest BCUT2D eigenvalue weighted by Crippen LogP contribution is 2.18. The van der Waals surface area contributed by atoms with Crippen LogP contribution in [0, 0.1) is 0 Å². The van der Waals surface area contributed by atoms with Gasteiger partial charge in [0.15, 0.2) is 0 Å². The fourth-order valence-electron chi connectivity index (χ4n) is 2.04. The molecule has 96 valence electrons. The van der Waals surface area contributed by atoms with Crippen molar-refractivity contribution in [3.63, 3.8) is 0 Å². The van der Waals surface area contributed by atoms with E-state index in [0.717, 1.165) is 32.2 Å². The zero-order valence-corrected chi connectivity index (χ0v) is 11.1. The molecule has 0 saturated carbocycles. The smallest absolute Gasteiger partial charge is 0.0448 e. The molecule has 2 nitrogen and oxygen atoms in total. The van der Waals surface area contributed by atoms with Crippen molar-refractivity contribution < 1.29 is 5.11 Å². The van der Waals surface area contributed by atoms with E-state index in [1.807, 2.05) is 6.07 Å². The van der Waals surface area contributed by atoms with Crippen LogP contribution in [0.5, 0.6) is 0 Å². The number of aryl methyl sites for hydroxylation is 1. The average molecular weight is 235 g/mol. The Morgan fingerprint density at radius 1 is 1.18 bits per heavy atom. The third-order valence-electron chi connectivity index (χ3n) is 3.27. The molecule has 1 rings (SSSR count). The standard InChI is InChI=1S/C15H25NO/c1-3-12-16-15(2,11-13-17)10-9-14-7-5-4-6-8-14/h4-8,16-17H,3,9-13H2,1-2H3. The Balaban J connectivity index is 2.48. The quantitative estimate of drug-likeness (QED) is 0.726. The van der Waals surface area contributed by atoms with Crippen molar-refractivity contribution in [2.75, 3.05) is 13.2 Å². The minimum Gasteiger partial charge on any atom is -0.396 e. The van der Waals surface area contributed by atoms with Crippen LogP contribution in [-0.4, -0.2) is 23.8 Å². The van der Waals surface area contributed by atoms with Crippen LogP contribution in [0.1, 0.15) is 38.7 Å². The van der Waals surface area contributed by atoms with Crippen molar-refractivity contribution in [1.29, 1.82) is 0 Å². The van der Waals surface area contributed by atoms with Gasteiger partial charge in [-0.25, -0.2) is 0 Å². The lowest BCUT2D eigenvalue weighted by Crippen LogP contribution is -2.44. The van der Waals surface area contributed by atoms with E-state index in [1.54, 1.807) is 0 Å². The minimum absolute atomic E-state index is 0.0562. The highest BCUT2D eigenvalue weighted by molar-refractivity contribution is 5.15. The molecule has 2 N–H and O–H groups in total. The second kappa shape index (κ2) is 7.46. The monoisotopic (exact) mass is 235 g/mol. The molecule has 1 aromatic rings. The molecule has 0 spiro atoms. The fraction of sp³-hybridized carbons (Fsp3) is 0.600. The summed E-state index contributed by atoms with van der Waals surface area (Å²) in [4.78, 5) is 0. The molecule has 0 aliphatic rings. The van der Waals surface area contributed by atoms with Crippen molar-refractivity contribution in [1.82, 2.24) is 5.32 Å². The third kappa shape index (κ3) is 5.33. The Labute approximate surface area is 105 Å². The molecule has 0 amide bonds. The van der Waals surface area contributed by atoms with Crippen molar-refractivity contribution in [3.8, 4) is 0 Å². The number of nitrogens with one attached hydrogen (secondary N) is 1. The van der Waals surface area contributed by atoms with Crippen LogP contribution < -0.4 is 5.32 Å². The van der Waals surface area contributed by atoms with Gasteiger partial charge in [-0.05, 0) is 44.7 Å². The normalized spacial score (nSPS) is 14.5. The number of rotatable bonds is 8. The van der Waals surface area contributed by atoms with Gasteiger partial charge in [-0.2, -0.15) is 0 Å². The first-order valence-corrected chi connectivity index (χ1v) is 6.60. The zero-order valence-electron chi connectivity index (χ0n) is 11.1. The molecular weight excluding hydrogens is 210 g/mol. The summed E-state index contributed by atoms with van der Waals surface area (Å²) < 4.78 is 0. The maximum absolute atomic E-state index is 9.16. The van der Waals surface area contributed by atoms with E-state index in [1.165, 1.54) is 5.56 Å². The van der Waals surface area contributed by atoms with Crippen LogP contribution in [0.4, 0.5) is 0 Å². The van der Waals surface area contributed by atoms with Gasteiger partial charge in [0.05, 0.1) is 0 Å². The van der Waals surface area contributed by atoms with Gasteiger partial charge in [0.1, 0.15) is 0 Å².